The molecule has 3 aliphatic rings. The highest BCUT2D eigenvalue weighted by molar-refractivity contribution is 6.23. The molecule has 0 radical (unpaired) electrons. The molecule has 39 heavy (non-hydrogen) atoms. The van der Waals surface area contributed by atoms with Gasteiger partial charge in [0.15, 0.2) is 5.78 Å². The van der Waals surface area contributed by atoms with Gasteiger partial charge in [0.2, 0.25) is 11.8 Å². The molecule has 4 heterocycles. The Morgan fingerprint density at radius 3 is 2.33 bits per heavy atom. The van der Waals surface area contributed by atoms with Gasteiger partial charge < -0.3 is 0 Å². The zero-order chi connectivity index (χ0) is 27.2. The molecule has 4 atom stereocenters. The minimum Gasteiger partial charge on any atom is -0.296 e. The first-order chi connectivity index (χ1) is 18.8. The molecule has 0 saturated carbocycles. The van der Waals surface area contributed by atoms with Crippen LogP contribution >= 0.6 is 0 Å². The van der Waals surface area contributed by atoms with Gasteiger partial charge in [-0.1, -0.05) is 44.2 Å². The minimum atomic E-state index is -1.17. The summed E-state index contributed by atoms with van der Waals surface area (Å²) in [7, 11) is 0. The first-order valence-corrected chi connectivity index (χ1v) is 13.1. The molecule has 8 heteroatoms. The van der Waals surface area contributed by atoms with Gasteiger partial charge >= 0.3 is 0 Å². The Morgan fingerprint density at radius 2 is 1.62 bits per heavy atom. The van der Waals surface area contributed by atoms with E-state index in [0.29, 0.717) is 33.7 Å². The van der Waals surface area contributed by atoms with Crippen molar-refractivity contribution in [2.75, 3.05) is 4.90 Å². The largest absolute Gasteiger partial charge is 0.296 e. The van der Waals surface area contributed by atoms with E-state index >= 15 is 0 Å². The molecule has 2 fully saturated rings. The molecule has 1 spiro atoms. The van der Waals surface area contributed by atoms with Crippen LogP contribution in [0.5, 0.6) is 0 Å². The first kappa shape index (κ1) is 23.7. The van der Waals surface area contributed by atoms with Gasteiger partial charge in [-0.15, -0.1) is 0 Å². The Labute approximate surface area is 224 Å². The summed E-state index contributed by atoms with van der Waals surface area (Å²) in [6.07, 6.45) is 0. The van der Waals surface area contributed by atoms with E-state index in [9.17, 15) is 19.2 Å². The third kappa shape index (κ3) is 2.95. The normalized spacial score (nSPS) is 25.0. The van der Waals surface area contributed by atoms with Gasteiger partial charge in [-0.05, 0) is 55.3 Å². The van der Waals surface area contributed by atoms with Crippen molar-refractivity contribution < 1.29 is 14.4 Å². The average molecular weight is 519 g/mol. The lowest BCUT2D eigenvalue weighted by atomic mass is 9.75. The number of para-hydroxylation sites is 2. The van der Waals surface area contributed by atoms with Gasteiger partial charge in [0.1, 0.15) is 11.4 Å². The van der Waals surface area contributed by atoms with Gasteiger partial charge in [-0.25, -0.2) is 9.88 Å². The predicted octanol–water partition coefficient (Wildman–Crippen LogP) is 3.58. The van der Waals surface area contributed by atoms with E-state index in [1.807, 2.05) is 50.2 Å². The van der Waals surface area contributed by atoms with Crippen molar-refractivity contribution in [3.63, 3.8) is 0 Å². The molecular weight excluding hydrogens is 492 g/mol. The quantitative estimate of drug-likeness (QED) is 0.329. The van der Waals surface area contributed by atoms with Crippen LogP contribution in [0.25, 0.3) is 16.6 Å². The zero-order valence-corrected chi connectivity index (χ0v) is 21.7. The Morgan fingerprint density at radius 1 is 0.923 bits per heavy atom. The fraction of sp³-hybridized carbons (Fsp3) is 0.258. The second kappa shape index (κ2) is 8.04. The number of hydrogen-bond donors (Lipinski definition) is 1. The molecule has 2 amide bonds. The number of hydrogen-bond acceptors (Lipinski definition) is 6. The molecule has 4 aromatic rings. The fourth-order valence-electron chi connectivity index (χ4n) is 6.82. The monoisotopic (exact) mass is 518 g/mol. The molecular formula is C31H26N4O4. The van der Waals surface area contributed by atoms with E-state index in [0.717, 1.165) is 5.56 Å². The standard InChI is InChI=1S/C31H26N4O4/c1-16(2)26-24-25(29(39)34(28(24)38)19-14-12-18(13-15-19)17(3)36)31(33-26)21-9-5-7-11-23(21)35-27(37)20-8-4-6-10-22(20)32-30(31)35/h4-16,24-26,33H,1-3H3/t24-,25-,26+,31-/m1/s1. The van der Waals surface area contributed by atoms with Gasteiger partial charge in [-0.2, -0.15) is 0 Å². The second-order valence-electron chi connectivity index (χ2n) is 11.0. The fourth-order valence-corrected chi connectivity index (χ4v) is 6.82. The maximum absolute atomic E-state index is 14.4. The van der Waals surface area contributed by atoms with Crippen LogP contribution < -0.4 is 15.8 Å². The van der Waals surface area contributed by atoms with Crippen LogP contribution in [0.4, 0.5) is 5.69 Å². The van der Waals surface area contributed by atoms with E-state index in [2.05, 4.69) is 5.32 Å². The summed E-state index contributed by atoms with van der Waals surface area (Å²) in [5.41, 5.74) is 1.53. The number of aromatic nitrogens is 2. The number of carbonyl (C=O) groups excluding carboxylic acids is 3. The molecule has 0 unspecified atom stereocenters. The van der Waals surface area contributed by atoms with Gasteiger partial charge in [-0.3, -0.25) is 29.1 Å². The van der Waals surface area contributed by atoms with Crippen LogP contribution in [0.2, 0.25) is 0 Å². The third-order valence-corrected chi connectivity index (χ3v) is 8.55. The van der Waals surface area contributed by atoms with E-state index in [4.69, 9.17) is 4.98 Å². The molecule has 0 bridgehead atoms. The lowest BCUT2D eigenvalue weighted by Crippen LogP contribution is -2.51. The van der Waals surface area contributed by atoms with Crippen molar-refractivity contribution in [2.24, 2.45) is 17.8 Å². The number of rotatable bonds is 3. The van der Waals surface area contributed by atoms with Gasteiger partial charge in [0, 0.05) is 17.2 Å². The first-order valence-electron chi connectivity index (χ1n) is 13.1. The Balaban J connectivity index is 1.49. The molecule has 8 nitrogen and oxygen atoms in total. The van der Waals surface area contributed by atoms with Crippen molar-refractivity contribution in [3.8, 4) is 5.69 Å². The van der Waals surface area contributed by atoms with E-state index in [-0.39, 0.29) is 35.1 Å². The third-order valence-electron chi connectivity index (χ3n) is 8.55. The lowest BCUT2D eigenvalue weighted by molar-refractivity contribution is -0.123. The molecule has 3 aliphatic heterocycles. The van der Waals surface area contributed by atoms with Gasteiger partial charge in [0.05, 0.1) is 34.1 Å². The number of nitrogens with zero attached hydrogens (tertiary/aromatic N) is 3. The number of amides is 2. The van der Waals surface area contributed by atoms with Crippen molar-refractivity contribution >= 4 is 34.2 Å². The van der Waals surface area contributed by atoms with Crippen LogP contribution in [-0.2, 0) is 15.1 Å². The molecule has 1 N–H and O–H groups in total. The summed E-state index contributed by atoms with van der Waals surface area (Å²) in [4.78, 5) is 60.4. The van der Waals surface area contributed by atoms with Crippen LogP contribution in [0.1, 0.15) is 42.5 Å². The van der Waals surface area contributed by atoms with E-state index < -0.39 is 17.4 Å². The second-order valence-corrected chi connectivity index (χ2v) is 11.0. The topological polar surface area (TPSA) is 101 Å². The number of benzene rings is 3. The number of imide groups is 1. The summed E-state index contributed by atoms with van der Waals surface area (Å²) in [5.74, 6) is -1.75. The van der Waals surface area contributed by atoms with E-state index in [1.165, 1.54) is 11.8 Å². The number of nitrogens with one attached hydrogen (secondary N) is 1. The SMILES string of the molecule is CC(=O)c1ccc(N2C(=O)[C@H]3[C@H](C(C)C)N[C@]4(c5ccccc5-n5c4nc4ccccc4c5=O)[C@H]3C2=O)cc1. The van der Waals surface area contributed by atoms with Crippen molar-refractivity contribution in [1.29, 1.82) is 0 Å². The lowest BCUT2D eigenvalue weighted by Gasteiger charge is -2.32. The maximum atomic E-state index is 14.4. The highest BCUT2D eigenvalue weighted by Gasteiger charge is 2.70. The number of fused-ring (bicyclic) bond motifs is 8. The van der Waals surface area contributed by atoms with E-state index in [1.54, 1.807) is 41.0 Å². The molecule has 7 rings (SSSR count). The zero-order valence-electron chi connectivity index (χ0n) is 21.7. The Hall–Kier alpha value is -4.43. The van der Waals surface area contributed by atoms with Crippen LogP contribution in [0.3, 0.4) is 0 Å². The molecule has 2 saturated heterocycles. The van der Waals surface area contributed by atoms with Crippen molar-refractivity contribution in [1.82, 2.24) is 14.9 Å². The summed E-state index contributed by atoms with van der Waals surface area (Å²) in [6, 6.07) is 20.9. The van der Waals surface area contributed by atoms with Gasteiger partial charge in [0.25, 0.3) is 5.56 Å². The highest BCUT2D eigenvalue weighted by atomic mass is 16.2. The van der Waals surface area contributed by atoms with Crippen molar-refractivity contribution in [2.45, 2.75) is 32.4 Å². The smallest absolute Gasteiger partial charge is 0.266 e. The molecule has 1 aromatic heterocycles. The Kier molecular flexibility index (Phi) is 4.88. The molecule has 0 aliphatic carbocycles. The Bertz CT molecular complexity index is 1790. The summed E-state index contributed by atoms with van der Waals surface area (Å²) in [5, 5.41) is 4.18. The highest BCUT2D eigenvalue weighted by Crippen LogP contribution is 2.56. The van der Waals surface area contributed by atoms with Crippen LogP contribution in [0, 0.1) is 17.8 Å². The van der Waals surface area contributed by atoms with Crippen LogP contribution in [0.15, 0.2) is 77.6 Å². The number of carbonyl (C=O) groups is 3. The number of Topliss-reactive ketones (excluding diaryl/α,β-unsaturated/α-hetero) is 1. The predicted molar refractivity (Wildman–Crippen MR) is 146 cm³/mol. The molecule has 3 aromatic carbocycles. The minimum absolute atomic E-state index is 0.0158. The van der Waals surface area contributed by atoms with Crippen molar-refractivity contribution in [3.05, 3.63) is 100 Å². The molecule has 194 valence electrons. The summed E-state index contributed by atoms with van der Waals surface area (Å²) < 4.78 is 1.60. The van der Waals surface area contributed by atoms with Crippen LogP contribution in [-0.4, -0.2) is 33.2 Å². The summed E-state index contributed by atoms with van der Waals surface area (Å²) in [6.45, 7) is 5.52. The maximum Gasteiger partial charge on any atom is 0.266 e. The average Bonchev–Trinajstić information content (AvgIpc) is 3.52. The number of ketones is 1. The number of anilines is 1. The summed E-state index contributed by atoms with van der Waals surface area (Å²) >= 11 is 0.